The molecule has 2 aliphatic rings. The van der Waals surface area contributed by atoms with E-state index in [0.29, 0.717) is 6.79 Å². The Labute approximate surface area is 166 Å². The molecule has 3 aromatic rings. The average molecular weight is 374 g/mol. The van der Waals surface area contributed by atoms with Crippen LogP contribution in [0.15, 0.2) is 54.6 Å². The molecule has 2 heterocycles. The minimum absolute atomic E-state index is 0.338. The van der Waals surface area contributed by atoms with Crippen molar-refractivity contribution < 1.29 is 9.47 Å². The van der Waals surface area contributed by atoms with Gasteiger partial charge in [0.2, 0.25) is 6.79 Å². The molecule has 0 spiro atoms. The van der Waals surface area contributed by atoms with E-state index in [2.05, 4.69) is 65.3 Å². The monoisotopic (exact) mass is 374 g/mol. The lowest BCUT2D eigenvalue weighted by atomic mass is 9.99. The molecule has 4 heteroatoms. The first-order valence-corrected chi connectivity index (χ1v) is 10.1. The highest BCUT2D eigenvalue weighted by molar-refractivity contribution is 5.86. The maximum atomic E-state index is 5.51. The lowest BCUT2D eigenvalue weighted by molar-refractivity contribution is 0.122. The van der Waals surface area contributed by atoms with Crippen molar-refractivity contribution in [2.24, 2.45) is 0 Å². The SMILES string of the molecule is Cc1ccc2ccccc2c1CN1CCN(Cc2ccc3c(c2)OCO3)CC1. The van der Waals surface area contributed by atoms with Gasteiger partial charge in [-0.15, -0.1) is 0 Å². The van der Waals surface area contributed by atoms with Gasteiger partial charge in [-0.1, -0.05) is 42.5 Å². The summed E-state index contributed by atoms with van der Waals surface area (Å²) >= 11 is 0. The highest BCUT2D eigenvalue weighted by Gasteiger charge is 2.20. The third-order valence-electron chi connectivity index (χ3n) is 5.96. The van der Waals surface area contributed by atoms with Gasteiger partial charge in [0.25, 0.3) is 0 Å². The summed E-state index contributed by atoms with van der Waals surface area (Å²) in [5, 5.41) is 2.73. The third kappa shape index (κ3) is 3.46. The summed E-state index contributed by atoms with van der Waals surface area (Å²) in [6.45, 7) is 8.97. The topological polar surface area (TPSA) is 24.9 Å². The Kier molecular flexibility index (Phi) is 4.67. The van der Waals surface area contributed by atoms with E-state index in [1.807, 2.05) is 6.07 Å². The van der Waals surface area contributed by atoms with Gasteiger partial charge in [-0.3, -0.25) is 9.80 Å². The Morgan fingerprint density at radius 1 is 0.786 bits per heavy atom. The number of ether oxygens (including phenoxy) is 2. The molecule has 1 fully saturated rings. The van der Waals surface area contributed by atoms with Crippen molar-refractivity contribution in [2.75, 3.05) is 33.0 Å². The molecule has 0 atom stereocenters. The Morgan fingerprint density at radius 2 is 1.54 bits per heavy atom. The predicted molar refractivity (Wildman–Crippen MR) is 112 cm³/mol. The number of hydrogen-bond acceptors (Lipinski definition) is 4. The fourth-order valence-electron chi connectivity index (χ4n) is 4.28. The van der Waals surface area contributed by atoms with Gasteiger partial charge in [-0.05, 0) is 46.5 Å². The van der Waals surface area contributed by atoms with Crippen molar-refractivity contribution >= 4 is 10.8 Å². The Balaban J connectivity index is 1.23. The Hall–Kier alpha value is -2.56. The van der Waals surface area contributed by atoms with Crippen molar-refractivity contribution in [3.05, 3.63) is 71.3 Å². The first kappa shape index (κ1) is 17.5. The Bertz CT molecular complexity index is 993. The molecular weight excluding hydrogens is 348 g/mol. The van der Waals surface area contributed by atoms with Crippen molar-refractivity contribution in [1.29, 1.82) is 0 Å². The standard InChI is InChI=1S/C24H26N2O2/c1-18-6-8-20-4-2-3-5-21(20)22(18)16-26-12-10-25(11-13-26)15-19-7-9-23-24(14-19)28-17-27-23/h2-9,14H,10-13,15-17H2,1H3. The van der Waals surface area contributed by atoms with E-state index in [1.165, 1.54) is 27.5 Å². The van der Waals surface area contributed by atoms with Gasteiger partial charge >= 0.3 is 0 Å². The summed E-state index contributed by atoms with van der Waals surface area (Å²) in [6.07, 6.45) is 0. The zero-order valence-corrected chi connectivity index (χ0v) is 16.4. The second kappa shape index (κ2) is 7.46. The van der Waals surface area contributed by atoms with Crippen molar-refractivity contribution in [2.45, 2.75) is 20.0 Å². The van der Waals surface area contributed by atoms with Gasteiger partial charge in [-0.2, -0.15) is 0 Å². The molecule has 0 aliphatic carbocycles. The zero-order valence-electron chi connectivity index (χ0n) is 16.4. The smallest absolute Gasteiger partial charge is 0.231 e. The maximum Gasteiger partial charge on any atom is 0.231 e. The van der Waals surface area contributed by atoms with Crippen molar-refractivity contribution in [1.82, 2.24) is 9.80 Å². The molecule has 0 unspecified atom stereocenters. The summed E-state index contributed by atoms with van der Waals surface area (Å²) in [6, 6.07) is 19.5. The van der Waals surface area contributed by atoms with Gasteiger partial charge in [0.1, 0.15) is 0 Å². The summed E-state index contributed by atoms with van der Waals surface area (Å²) in [5.41, 5.74) is 4.16. The molecule has 0 radical (unpaired) electrons. The average Bonchev–Trinajstić information content (AvgIpc) is 3.19. The van der Waals surface area contributed by atoms with Crippen molar-refractivity contribution in [3.63, 3.8) is 0 Å². The molecule has 0 saturated carbocycles. The van der Waals surface area contributed by atoms with E-state index < -0.39 is 0 Å². The molecule has 0 amide bonds. The van der Waals surface area contributed by atoms with E-state index in [-0.39, 0.29) is 0 Å². The lowest BCUT2D eigenvalue weighted by Crippen LogP contribution is -2.45. The van der Waals surface area contributed by atoms with Crippen LogP contribution in [0.25, 0.3) is 10.8 Å². The van der Waals surface area contributed by atoms with Crippen LogP contribution in [-0.2, 0) is 13.1 Å². The van der Waals surface area contributed by atoms with E-state index in [0.717, 1.165) is 50.8 Å². The molecule has 28 heavy (non-hydrogen) atoms. The van der Waals surface area contributed by atoms with Gasteiger partial charge in [0.15, 0.2) is 11.5 Å². The minimum atomic E-state index is 0.338. The molecule has 0 N–H and O–H groups in total. The van der Waals surface area contributed by atoms with E-state index in [4.69, 9.17) is 9.47 Å². The number of benzene rings is 3. The molecule has 3 aromatic carbocycles. The first-order valence-electron chi connectivity index (χ1n) is 10.1. The first-order chi connectivity index (χ1) is 13.8. The van der Waals surface area contributed by atoms with E-state index in [1.54, 1.807) is 0 Å². The van der Waals surface area contributed by atoms with Crippen LogP contribution < -0.4 is 9.47 Å². The fourth-order valence-corrected chi connectivity index (χ4v) is 4.28. The van der Waals surface area contributed by atoms with Crippen LogP contribution in [0.1, 0.15) is 16.7 Å². The summed E-state index contributed by atoms with van der Waals surface area (Å²) in [7, 11) is 0. The molecule has 1 saturated heterocycles. The largest absolute Gasteiger partial charge is 0.454 e. The molecular formula is C24H26N2O2. The van der Waals surface area contributed by atoms with Crippen LogP contribution in [0.2, 0.25) is 0 Å². The molecule has 144 valence electrons. The molecule has 0 bridgehead atoms. The predicted octanol–water partition coefficient (Wildman–Crippen LogP) is 4.19. The second-order valence-electron chi connectivity index (χ2n) is 7.82. The van der Waals surface area contributed by atoms with Crippen LogP contribution in [-0.4, -0.2) is 42.8 Å². The number of piperazine rings is 1. The van der Waals surface area contributed by atoms with Crippen LogP contribution >= 0.6 is 0 Å². The number of fused-ring (bicyclic) bond motifs is 2. The van der Waals surface area contributed by atoms with Crippen molar-refractivity contribution in [3.8, 4) is 11.5 Å². The number of aryl methyl sites for hydroxylation is 1. The summed E-state index contributed by atoms with van der Waals surface area (Å²) in [4.78, 5) is 5.12. The second-order valence-corrected chi connectivity index (χ2v) is 7.82. The van der Waals surface area contributed by atoms with E-state index >= 15 is 0 Å². The van der Waals surface area contributed by atoms with Gasteiger partial charge in [0, 0.05) is 39.3 Å². The molecule has 2 aliphatic heterocycles. The van der Waals surface area contributed by atoms with Crippen LogP contribution in [0.4, 0.5) is 0 Å². The lowest BCUT2D eigenvalue weighted by Gasteiger charge is -2.35. The minimum Gasteiger partial charge on any atom is -0.454 e. The number of hydrogen-bond donors (Lipinski definition) is 0. The maximum absolute atomic E-state index is 5.51. The summed E-state index contributed by atoms with van der Waals surface area (Å²) < 4.78 is 10.9. The molecule has 5 rings (SSSR count). The fraction of sp³-hybridized carbons (Fsp3) is 0.333. The van der Waals surface area contributed by atoms with E-state index in [9.17, 15) is 0 Å². The van der Waals surface area contributed by atoms with Crippen LogP contribution in [0.5, 0.6) is 11.5 Å². The summed E-state index contributed by atoms with van der Waals surface area (Å²) in [5.74, 6) is 1.74. The highest BCUT2D eigenvalue weighted by atomic mass is 16.7. The van der Waals surface area contributed by atoms with Crippen LogP contribution in [0.3, 0.4) is 0 Å². The zero-order chi connectivity index (χ0) is 18.9. The Morgan fingerprint density at radius 3 is 2.39 bits per heavy atom. The normalized spacial score (nSPS) is 17.3. The van der Waals surface area contributed by atoms with Gasteiger partial charge < -0.3 is 9.47 Å². The van der Waals surface area contributed by atoms with Gasteiger partial charge in [-0.25, -0.2) is 0 Å². The number of nitrogens with zero attached hydrogens (tertiary/aromatic N) is 2. The van der Waals surface area contributed by atoms with Gasteiger partial charge in [0.05, 0.1) is 0 Å². The van der Waals surface area contributed by atoms with Crippen LogP contribution in [0, 0.1) is 6.92 Å². The molecule has 0 aromatic heterocycles. The molecule has 4 nitrogen and oxygen atoms in total. The number of rotatable bonds is 4. The third-order valence-corrected chi connectivity index (χ3v) is 5.96. The quantitative estimate of drug-likeness (QED) is 0.683. The highest BCUT2D eigenvalue weighted by Crippen LogP contribution is 2.33.